The molecule has 2 fully saturated rings. The number of hydrogen-bond donors (Lipinski definition) is 1. The lowest BCUT2D eigenvalue weighted by Crippen LogP contribution is -2.50. The number of fused-ring (bicyclic) bond motifs is 1. The van der Waals surface area contributed by atoms with Crippen LogP contribution in [-0.4, -0.2) is 56.5 Å². The highest BCUT2D eigenvalue weighted by atomic mass is 19.1. The Kier molecular flexibility index (Phi) is 5.55. The molecule has 7 nitrogen and oxygen atoms in total. The smallest absolute Gasteiger partial charge is 0.229 e. The van der Waals surface area contributed by atoms with Crippen molar-refractivity contribution in [3.63, 3.8) is 0 Å². The predicted molar refractivity (Wildman–Crippen MR) is 116 cm³/mol. The summed E-state index contributed by atoms with van der Waals surface area (Å²) in [4.78, 5) is 32.2. The van der Waals surface area contributed by atoms with Crippen molar-refractivity contribution < 1.29 is 9.18 Å². The number of hydrogen-bond acceptors (Lipinski definition) is 6. The zero-order chi connectivity index (χ0) is 21.2. The van der Waals surface area contributed by atoms with E-state index < -0.39 is 6.17 Å². The zero-order valence-electron chi connectivity index (χ0n) is 17.2. The van der Waals surface area contributed by atoms with Gasteiger partial charge in [0.25, 0.3) is 0 Å². The summed E-state index contributed by atoms with van der Waals surface area (Å²) >= 11 is 0. The maximum atomic E-state index is 13.0. The summed E-state index contributed by atoms with van der Waals surface area (Å²) < 4.78 is 13.0. The van der Waals surface area contributed by atoms with Gasteiger partial charge in [0.2, 0.25) is 11.9 Å². The molecule has 0 radical (unpaired) electrons. The van der Waals surface area contributed by atoms with Gasteiger partial charge < -0.3 is 0 Å². The highest BCUT2D eigenvalue weighted by molar-refractivity contribution is 5.92. The molecule has 3 aromatic rings. The van der Waals surface area contributed by atoms with Crippen LogP contribution in [-0.2, 0) is 4.79 Å². The molecule has 31 heavy (non-hydrogen) atoms. The summed E-state index contributed by atoms with van der Waals surface area (Å²) in [6.07, 6.45) is 9.79. The van der Waals surface area contributed by atoms with Crippen molar-refractivity contribution in [2.75, 3.05) is 25.0 Å². The number of rotatable bonds is 5. The van der Waals surface area contributed by atoms with Crippen LogP contribution in [0, 0.1) is 11.8 Å². The molecule has 1 aromatic carbocycles. The van der Waals surface area contributed by atoms with Crippen LogP contribution in [0.15, 0.2) is 43.0 Å². The molecule has 0 unspecified atom stereocenters. The van der Waals surface area contributed by atoms with Crippen LogP contribution in [0.2, 0.25) is 0 Å². The third-order valence-electron chi connectivity index (χ3n) is 6.32. The normalized spacial score (nSPS) is 22.2. The average Bonchev–Trinajstić information content (AvgIpc) is 2.78. The summed E-state index contributed by atoms with van der Waals surface area (Å²) in [5.41, 5.74) is 2.43. The quantitative estimate of drug-likeness (QED) is 0.680. The first-order valence-corrected chi connectivity index (χ1v) is 10.8. The van der Waals surface area contributed by atoms with Gasteiger partial charge in [-0.2, -0.15) is 0 Å². The van der Waals surface area contributed by atoms with Crippen LogP contribution in [0.25, 0.3) is 22.2 Å². The lowest BCUT2D eigenvalue weighted by atomic mass is 9.81. The first-order chi connectivity index (χ1) is 15.1. The summed E-state index contributed by atoms with van der Waals surface area (Å²) in [6, 6.07) is 5.83. The van der Waals surface area contributed by atoms with Gasteiger partial charge in [-0.15, -0.1) is 0 Å². The second-order valence-corrected chi connectivity index (χ2v) is 8.58. The molecule has 3 heterocycles. The Balaban J connectivity index is 1.21. The molecule has 8 heteroatoms. The molecule has 1 saturated heterocycles. The number of benzene rings is 1. The summed E-state index contributed by atoms with van der Waals surface area (Å²) in [5, 5.41) is 3.79. The van der Waals surface area contributed by atoms with Crippen LogP contribution >= 0.6 is 0 Å². The van der Waals surface area contributed by atoms with Crippen molar-refractivity contribution >= 4 is 22.8 Å². The van der Waals surface area contributed by atoms with E-state index in [1.165, 1.54) is 0 Å². The van der Waals surface area contributed by atoms with Crippen LogP contribution in [0.5, 0.6) is 0 Å². The minimum atomic E-state index is -0.652. The number of nitrogens with zero attached hydrogens (tertiary/aromatic N) is 5. The highest BCUT2D eigenvalue weighted by Gasteiger charge is 2.31. The number of carbonyl (C=O) groups is 1. The van der Waals surface area contributed by atoms with Gasteiger partial charge in [-0.25, -0.2) is 14.4 Å². The molecular weight excluding hydrogens is 395 g/mol. The van der Waals surface area contributed by atoms with Gasteiger partial charge in [-0.05, 0) is 37.7 Å². The summed E-state index contributed by atoms with van der Waals surface area (Å²) in [7, 11) is 0. The number of anilines is 1. The van der Waals surface area contributed by atoms with Crippen molar-refractivity contribution in [2.24, 2.45) is 11.8 Å². The topological polar surface area (TPSA) is 83.9 Å². The van der Waals surface area contributed by atoms with Crippen molar-refractivity contribution in [1.82, 2.24) is 24.8 Å². The minimum absolute atomic E-state index is 0.0179. The molecule has 2 aromatic heterocycles. The van der Waals surface area contributed by atoms with Gasteiger partial charge in [-0.1, -0.05) is 12.1 Å². The van der Waals surface area contributed by atoms with E-state index in [0.717, 1.165) is 54.4 Å². The molecule has 1 saturated carbocycles. The number of nitrogens with one attached hydrogen (secondary N) is 1. The highest BCUT2D eigenvalue weighted by Crippen LogP contribution is 2.31. The number of carbonyl (C=O) groups excluding carboxylic acids is 1. The third-order valence-corrected chi connectivity index (χ3v) is 6.32. The predicted octanol–water partition coefficient (Wildman–Crippen LogP) is 3.49. The first-order valence-electron chi connectivity index (χ1n) is 10.8. The van der Waals surface area contributed by atoms with Gasteiger partial charge >= 0.3 is 0 Å². The largest absolute Gasteiger partial charge is 0.297 e. The molecule has 0 bridgehead atoms. The SMILES string of the molecule is O=C(Nc1ncc2ccc(-c3cnccn3)cc2n1)C1CCC(CN2CC(F)C2)CC1. The van der Waals surface area contributed by atoms with Crippen LogP contribution < -0.4 is 5.32 Å². The van der Waals surface area contributed by atoms with Crippen molar-refractivity contribution in [3.8, 4) is 11.3 Å². The van der Waals surface area contributed by atoms with Crippen molar-refractivity contribution in [1.29, 1.82) is 0 Å². The van der Waals surface area contributed by atoms with E-state index in [4.69, 9.17) is 0 Å². The molecule has 1 N–H and O–H groups in total. The molecule has 1 aliphatic heterocycles. The van der Waals surface area contributed by atoms with Gasteiger partial charge in [0.1, 0.15) is 6.17 Å². The van der Waals surface area contributed by atoms with Crippen LogP contribution in [0.3, 0.4) is 0 Å². The minimum Gasteiger partial charge on any atom is -0.297 e. The third kappa shape index (κ3) is 4.54. The fraction of sp³-hybridized carbons (Fsp3) is 0.435. The van der Waals surface area contributed by atoms with Crippen LogP contribution in [0.4, 0.5) is 10.3 Å². The standard InChI is InChI=1S/C23H25FN6O/c24-19-13-30(14-19)12-15-1-3-16(4-2-15)22(31)29-23-27-10-18-6-5-17(9-20(18)28-23)21-11-25-7-8-26-21/h5-11,15-16,19H,1-4,12-14H2,(H,27,28,29,31). The van der Waals surface area contributed by atoms with E-state index in [0.29, 0.717) is 25.0 Å². The van der Waals surface area contributed by atoms with E-state index in [9.17, 15) is 9.18 Å². The Morgan fingerprint density at radius 1 is 1.10 bits per heavy atom. The Labute approximate surface area is 180 Å². The van der Waals surface area contributed by atoms with Crippen molar-refractivity contribution in [3.05, 3.63) is 43.0 Å². The lowest BCUT2D eigenvalue weighted by molar-refractivity contribution is -0.121. The van der Waals surface area contributed by atoms with Gasteiger partial charge in [0.15, 0.2) is 0 Å². The van der Waals surface area contributed by atoms with E-state index in [1.54, 1.807) is 24.8 Å². The monoisotopic (exact) mass is 420 g/mol. The fourth-order valence-corrected chi connectivity index (χ4v) is 4.53. The molecule has 0 atom stereocenters. The number of halogens is 1. The van der Waals surface area contributed by atoms with Gasteiger partial charge in [0, 0.05) is 55.1 Å². The van der Waals surface area contributed by atoms with Gasteiger partial charge in [-0.3, -0.25) is 25.0 Å². The molecule has 5 rings (SSSR count). The number of likely N-dealkylation sites (tertiary alicyclic amines) is 1. The molecular formula is C23H25FN6O. The van der Waals surface area contributed by atoms with E-state index >= 15 is 0 Å². The summed E-state index contributed by atoms with van der Waals surface area (Å²) in [5.74, 6) is 0.848. The maximum Gasteiger partial charge on any atom is 0.229 e. The molecule has 160 valence electrons. The Morgan fingerprint density at radius 2 is 1.94 bits per heavy atom. The number of alkyl halides is 1. The summed E-state index contributed by atoms with van der Waals surface area (Å²) in [6.45, 7) is 2.09. The van der Waals surface area contributed by atoms with E-state index in [2.05, 4.69) is 30.2 Å². The number of amides is 1. The molecule has 1 amide bonds. The Morgan fingerprint density at radius 3 is 2.68 bits per heavy atom. The maximum absolute atomic E-state index is 13.0. The van der Waals surface area contributed by atoms with Gasteiger partial charge in [0.05, 0.1) is 17.4 Å². The molecule has 1 aliphatic carbocycles. The Hall–Kier alpha value is -3.00. The number of aromatic nitrogens is 4. The van der Waals surface area contributed by atoms with E-state index in [-0.39, 0.29) is 11.8 Å². The zero-order valence-corrected chi connectivity index (χ0v) is 17.2. The van der Waals surface area contributed by atoms with Crippen LogP contribution in [0.1, 0.15) is 25.7 Å². The van der Waals surface area contributed by atoms with Crippen molar-refractivity contribution in [2.45, 2.75) is 31.9 Å². The molecule has 0 spiro atoms. The lowest BCUT2D eigenvalue weighted by Gasteiger charge is -2.38. The second kappa shape index (κ2) is 8.63. The second-order valence-electron chi connectivity index (χ2n) is 8.58. The van der Waals surface area contributed by atoms with E-state index in [1.807, 2.05) is 18.2 Å². The fourth-order valence-electron chi connectivity index (χ4n) is 4.53. The average molecular weight is 420 g/mol. The Bertz CT molecular complexity index is 1060. The first kappa shape index (κ1) is 19.9. The molecule has 2 aliphatic rings.